The Labute approximate surface area is 134 Å². The van der Waals surface area contributed by atoms with Gasteiger partial charge in [0, 0.05) is 17.5 Å². The van der Waals surface area contributed by atoms with Crippen LogP contribution in [0.4, 0.5) is 0 Å². The van der Waals surface area contributed by atoms with Crippen molar-refractivity contribution in [3.05, 3.63) is 11.1 Å². The Kier molecular flexibility index (Phi) is 3.49. The van der Waals surface area contributed by atoms with Crippen LogP contribution in [-0.4, -0.2) is 45.2 Å². The Balaban J connectivity index is 1.42. The Morgan fingerprint density at radius 1 is 1.48 bits per heavy atom. The van der Waals surface area contributed by atoms with Crippen LogP contribution in [0.3, 0.4) is 0 Å². The maximum Gasteiger partial charge on any atom is 0.168 e. The highest BCUT2D eigenvalue weighted by atomic mass is 32.2. The minimum Gasteiger partial charge on any atom is -0.358 e. The van der Waals surface area contributed by atoms with Gasteiger partial charge in [-0.05, 0) is 44.9 Å². The molecule has 1 N–H and O–H groups in total. The minimum absolute atomic E-state index is 0.121. The molecule has 0 spiro atoms. The molecule has 21 heavy (non-hydrogen) atoms. The summed E-state index contributed by atoms with van der Waals surface area (Å²) in [5.41, 5.74) is 1.54. The molecular formula is C15H22N4S2. The van der Waals surface area contributed by atoms with Gasteiger partial charge in [-0.25, -0.2) is 0 Å². The number of rotatable bonds is 2. The highest BCUT2D eigenvalue weighted by Crippen LogP contribution is 2.40. The zero-order valence-corrected chi connectivity index (χ0v) is 14.3. The van der Waals surface area contributed by atoms with Crippen molar-refractivity contribution in [3.8, 4) is 0 Å². The molecular weight excluding hydrogens is 300 g/mol. The lowest BCUT2D eigenvalue weighted by molar-refractivity contribution is 0.248. The van der Waals surface area contributed by atoms with E-state index < -0.39 is 0 Å². The van der Waals surface area contributed by atoms with E-state index in [1.54, 1.807) is 0 Å². The molecule has 1 aliphatic carbocycles. The summed E-state index contributed by atoms with van der Waals surface area (Å²) in [7, 11) is 0. The first-order chi connectivity index (χ1) is 10.1. The average molecular weight is 323 g/mol. The van der Waals surface area contributed by atoms with Gasteiger partial charge in [-0.15, -0.1) is 0 Å². The van der Waals surface area contributed by atoms with Gasteiger partial charge in [0.15, 0.2) is 10.3 Å². The maximum atomic E-state index is 4.92. The molecule has 2 unspecified atom stereocenters. The monoisotopic (exact) mass is 322 g/mol. The molecule has 1 saturated carbocycles. The van der Waals surface area contributed by atoms with Gasteiger partial charge in [0.05, 0.1) is 18.1 Å². The molecule has 2 atom stereocenters. The fourth-order valence-electron chi connectivity index (χ4n) is 3.45. The standard InChI is InChI=1S/C15H22N4S2/c1-15(2)9-16-13(18-15)20-7-12-8-21-14-17-10-4-3-5-11(6-10)19(12)14/h8,10-11H,3-7,9H2,1-2H3,(H,16,18). The first-order valence-corrected chi connectivity index (χ1v) is 9.65. The van der Waals surface area contributed by atoms with E-state index in [9.17, 15) is 0 Å². The first kappa shape index (κ1) is 14.0. The molecule has 0 radical (unpaired) electrons. The molecule has 0 aromatic rings. The van der Waals surface area contributed by atoms with Crippen LogP contribution in [0.5, 0.6) is 0 Å². The quantitative estimate of drug-likeness (QED) is 0.848. The Morgan fingerprint density at radius 3 is 3.19 bits per heavy atom. The molecule has 0 amide bonds. The smallest absolute Gasteiger partial charge is 0.168 e. The van der Waals surface area contributed by atoms with Crippen molar-refractivity contribution in [3.63, 3.8) is 0 Å². The van der Waals surface area contributed by atoms with E-state index in [2.05, 4.69) is 34.5 Å². The van der Waals surface area contributed by atoms with Crippen molar-refractivity contribution in [1.29, 1.82) is 0 Å². The zero-order chi connectivity index (χ0) is 14.4. The van der Waals surface area contributed by atoms with Crippen LogP contribution in [0, 0.1) is 0 Å². The number of hydrogen-bond donors (Lipinski definition) is 1. The predicted octanol–water partition coefficient (Wildman–Crippen LogP) is 3.03. The lowest BCUT2D eigenvalue weighted by Crippen LogP contribution is -2.45. The second-order valence-electron chi connectivity index (χ2n) is 6.90. The molecule has 4 aliphatic rings. The number of fused-ring (bicyclic) bond motifs is 4. The highest BCUT2D eigenvalue weighted by molar-refractivity contribution is 8.17. The van der Waals surface area contributed by atoms with Crippen LogP contribution in [0.15, 0.2) is 21.1 Å². The number of amidine groups is 2. The number of aliphatic imine (C=N–C) groups is 2. The Hall–Kier alpha value is -0.620. The van der Waals surface area contributed by atoms with Crippen LogP contribution in [-0.2, 0) is 0 Å². The molecule has 0 aromatic heterocycles. The number of nitrogens with zero attached hydrogens (tertiary/aromatic N) is 3. The van der Waals surface area contributed by atoms with E-state index >= 15 is 0 Å². The third-order valence-corrected chi connectivity index (χ3v) is 6.36. The van der Waals surface area contributed by atoms with E-state index in [-0.39, 0.29) is 5.54 Å². The van der Waals surface area contributed by atoms with Gasteiger partial charge in [0.2, 0.25) is 0 Å². The lowest BCUT2D eigenvalue weighted by atomic mass is 9.89. The third kappa shape index (κ3) is 2.72. The van der Waals surface area contributed by atoms with Crippen LogP contribution >= 0.6 is 23.5 Å². The first-order valence-electron chi connectivity index (χ1n) is 7.79. The van der Waals surface area contributed by atoms with Gasteiger partial charge in [-0.1, -0.05) is 23.5 Å². The molecule has 114 valence electrons. The van der Waals surface area contributed by atoms with Crippen molar-refractivity contribution in [2.45, 2.75) is 57.2 Å². The van der Waals surface area contributed by atoms with Gasteiger partial charge in [0.25, 0.3) is 0 Å². The van der Waals surface area contributed by atoms with Gasteiger partial charge >= 0.3 is 0 Å². The fourth-order valence-corrected chi connectivity index (χ4v) is 5.60. The maximum absolute atomic E-state index is 4.92. The van der Waals surface area contributed by atoms with E-state index in [0.717, 1.165) is 17.5 Å². The van der Waals surface area contributed by atoms with Crippen LogP contribution < -0.4 is 5.32 Å². The largest absolute Gasteiger partial charge is 0.358 e. The van der Waals surface area contributed by atoms with Crippen LogP contribution in [0.25, 0.3) is 0 Å². The molecule has 2 bridgehead atoms. The van der Waals surface area contributed by atoms with E-state index in [1.165, 1.54) is 36.5 Å². The predicted molar refractivity (Wildman–Crippen MR) is 93.0 cm³/mol. The van der Waals surface area contributed by atoms with Gasteiger partial charge in [-0.2, -0.15) is 0 Å². The summed E-state index contributed by atoms with van der Waals surface area (Å²) in [4.78, 5) is 12.0. The van der Waals surface area contributed by atoms with Gasteiger partial charge in [-0.3, -0.25) is 9.98 Å². The highest BCUT2D eigenvalue weighted by Gasteiger charge is 2.38. The summed E-state index contributed by atoms with van der Waals surface area (Å²) in [6.45, 7) is 5.28. The Bertz CT molecular complexity index is 538. The normalized spacial score (nSPS) is 33.0. The van der Waals surface area contributed by atoms with Gasteiger partial charge < -0.3 is 10.2 Å². The van der Waals surface area contributed by atoms with E-state index in [4.69, 9.17) is 4.99 Å². The number of thioether (sulfide) groups is 2. The third-order valence-electron chi connectivity index (χ3n) is 4.51. The molecule has 4 rings (SSSR count). The van der Waals surface area contributed by atoms with Crippen molar-refractivity contribution in [2.24, 2.45) is 9.98 Å². The van der Waals surface area contributed by atoms with Crippen molar-refractivity contribution >= 4 is 33.9 Å². The molecule has 3 heterocycles. The van der Waals surface area contributed by atoms with Crippen molar-refractivity contribution < 1.29 is 0 Å². The molecule has 4 nitrogen and oxygen atoms in total. The molecule has 3 aliphatic heterocycles. The number of nitrogens with one attached hydrogen (secondary N) is 1. The summed E-state index contributed by atoms with van der Waals surface area (Å²) in [5, 5.41) is 8.13. The molecule has 1 fully saturated rings. The van der Waals surface area contributed by atoms with Crippen LogP contribution in [0.1, 0.15) is 39.5 Å². The molecule has 0 saturated heterocycles. The Morgan fingerprint density at radius 2 is 2.38 bits per heavy atom. The summed E-state index contributed by atoms with van der Waals surface area (Å²) in [5.74, 6) is 0.995. The second kappa shape index (κ2) is 5.23. The van der Waals surface area contributed by atoms with Crippen LogP contribution in [0.2, 0.25) is 0 Å². The second-order valence-corrected chi connectivity index (χ2v) is 8.70. The van der Waals surface area contributed by atoms with Gasteiger partial charge in [0.1, 0.15) is 0 Å². The topological polar surface area (TPSA) is 40.0 Å². The fraction of sp³-hybridized carbons (Fsp3) is 0.733. The molecule has 0 aromatic carbocycles. The van der Waals surface area contributed by atoms with Crippen molar-refractivity contribution in [2.75, 3.05) is 12.3 Å². The minimum atomic E-state index is 0.121. The lowest BCUT2D eigenvalue weighted by Gasteiger charge is -2.40. The summed E-state index contributed by atoms with van der Waals surface area (Å²) >= 11 is 3.64. The summed E-state index contributed by atoms with van der Waals surface area (Å²) in [6.07, 6.45) is 5.19. The number of hydrogen-bond acceptors (Lipinski definition) is 6. The zero-order valence-electron chi connectivity index (χ0n) is 12.6. The van der Waals surface area contributed by atoms with E-state index in [0.29, 0.717) is 12.1 Å². The summed E-state index contributed by atoms with van der Waals surface area (Å²) in [6, 6.07) is 1.28. The van der Waals surface area contributed by atoms with Crippen molar-refractivity contribution in [1.82, 2.24) is 10.2 Å². The SMILES string of the molecule is CC1(C)CN=C(SCC2=CSC3=NC4CCCC(C4)N23)N1. The molecule has 6 heteroatoms. The average Bonchev–Trinajstić information content (AvgIpc) is 3.00. The summed E-state index contributed by atoms with van der Waals surface area (Å²) < 4.78 is 0. The van der Waals surface area contributed by atoms with E-state index in [1.807, 2.05) is 23.5 Å².